The zero-order valence-corrected chi connectivity index (χ0v) is 9.41. The van der Waals surface area contributed by atoms with Crippen molar-refractivity contribution in [2.24, 2.45) is 5.92 Å². The summed E-state index contributed by atoms with van der Waals surface area (Å²) in [5.74, 6) is 0.494. The predicted molar refractivity (Wildman–Crippen MR) is 58.6 cm³/mol. The first-order chi connectivity index (χ1) is 7.38. The summed E-state index contributed by atoms with van der Waals surface area (Å²) < 4.78 is 5.38. The number of carbonyl (C=O) groups is 1. The molecule has 2 aliphatic heterocycles. The highest BCUT2D eigenvalue weighted by molar-refractivity contribution is 5.79. The van der Waals surface area contributed by atoms with Gasteiger partial charge in [-0.1, -0.05) is 12.8 Å². The minimum Gasteiger partial charge on any atom is -0.381 e. The Labute approximate surface area is 91.8 Å². The Balaban J connectivity index is 1.87. The molecule has 2 saturated heterocycles. The van der Waals surface area contributed by atoms with Crippen molar-refractivity contribution in [3.63, 3.8) is 0 Å². The molecule has 3 heteroatoms. The van der Waals surface area contributed by atoms with Crippen LogP contribution < -0.4 is 0 Å². The molecule has 0 aromatic carbocycles. The van der Waals surface area contributed by atoms with Crippen molar-refractivity contribution >= 4 is 5.91 Å². The lowest BCUT2D eigenvalue weighted by Gasteiger charge is -2.28. The van der Waals surface area contributed by atoms with Gasteiger partial charge in [0.1, 0.15) is 0 Å². The van der Waals surface area contributed by atoms with Crippen LogP contribution in [0.15, 0.2) is 0 Å². The lowest BCUT2D eigenvalue weighted by Crippen LogP contribution is -2.40. The highest BCUT2D eigenvalue weighted by Gasteiger charge is 2.26. The van der Waals surface area contributed by atoms with Crippen LogP contribution in [-0.4, -0.2) is 37.1 Å². The van der Waals surface area contributed by atoms with Gasteiger partial charge in [0.2, 0.25) is 5.91 Å². The monoisotopic (exact) mass is 211 g/mol. The Morgan fingerprint density at radius 2 is 1.80 bits per heavy atom. The molecule has 0 aliphatic carbocycles. The zero-order valence-electron chi connectivity index (χ0n) is 9.41. The molecule has 0 aromatic heterocycles. The molecule has 2 heterocycles. The SMILES string of the molecule is O=C(C1CCCOC1)N1CCCCCC1. The van der Waals surface area contributed by atoms with E-state index in [2.05, 4.69) is 4.90 Å². The predicted octanol–water partition coefficient (Wildman–Crippen LogP) is 1.82. The average Bonchev–Trinajstić information content (AvgIpc) is 2.58. The quantitative estimate of drug-likeness (QED) is 0.662. The van der Waals surface area contributed by atoms with Crippen molar-refractivity contribution in [3.8, 4) is 0 Å². The minimum atomic E-state index is 0.150. The minimum absolute atomic E-state index is 0.150. The van der Waals surface area contributed by atoms with Crippen LogP contribution in [0, 0.1) is 5.92 Å². The van der Waals surface area contributed by atoms with Crippen LogP contribution in [-0.2, 0) is 9.53 Å². The van der Waals surface area contributed by atoms with E-state index in [-0.39, 0.29) is 5.92 Å². The van der Waals surface area contributed by atoms with Crippen molar-refractivity contribution in [2.45, 2.75) is 38.5 Å². The van der Waals surface area contributed by atoms with E-state index in [1.807, 2.05) is 0 Å². The Kier molecular flexibility index (Phi) is 4.01. The highest BCUT2D eigenvalue weighted by Crippen LogP contribution is 2.19. The van der Waals surface area contributed by atoms with Gasteiger partial charge >= 0.3 is 0 Å². The topological polar surface area (TPSA) is 29.5 Å². The Morgan fingerprint density at radius 1 is 1.07 bits per heavy atom. The fraction of sp³-hybridized carbons (Fsp3) is 0.917. The first kappa shape index (κ1) is 10.9. The molecule has 1 atom stereocenters. The molecule has 0 N–H and O–H groups in total. The summed E-state index contributed by atoms with van der Waals surface area (Å²) in [6, 6.07) is 0. The third-order valence-electron chi connectivity index (χ3n) is 3.43. The van der Waals surface area contributed by atoms with E-state index in [9.17, 15) is 4.79 Å². The lowest BCUT2D eigenvalue weighted by atomic mass is 10.0. The van der Waals surface area contributed by atoms with E-state index in [1.54, 1.807) is 0 Å². The molecule has 0 spiro atoms. The lowest BCUT2D eigenvalue weighted by molar-refractivity contribution is -0.139. The van der Waals surface area contributed by atoms with Gasteiger partial charge in [-0.15, -0.1) is 0 Å². The number of likely N-dealkylation sites (tertiary alicyclic amines) is 1. The molecule has 15 heavy (non-hydrogen) atoms. The van der Waals surface area contributed by atoms with Gasteiger partial charge in [-0.05, 0) is 25.7 Å². The van der Waals surface area contributed by atoms with Gasteiger partial charge in [0.15, 0.2) is 0 Å². The number of nitrogens with zero attached hydrogens (tertiary/aromatic N) is 1. The maximum atomic E-state index is 12.2. The molecule has 86 valence electrons. The van der Waals surface area contributed by atoms with Crippen LogP contribution in [0.2, 0.25) is 0 Å². The van der Waals surface area contributed by atoms with Crippen LogP contribution in [0.3, 0.4) is 0 Å². The molecule has 0 aromatic rings. The van der Waals surface area contributed by atoms with E-state index in [0.29, 0.717) is 12.5 Å². The Bertz CT molecular complexity index is 204. The standard InChI is InChI=1S/C12H21NO2/c14-12(11-6-5-9-15-10-11)13-7-3-1-2-4-8-13/h11H,1-10H2. The van der Waals surface area contributed by atoms with E-state index in [4.69, 9.17) is 4.74 Å². The molecule has 2 fully saturated rings. The summed E-state index contributed by atoms with van der Waals surface area (Å²) in [5, 5.41) is 0. The second kappa shape index (κ2) is 5.50. The molecule has 2 aliphatic rings. The number of hydrogen-bond acceptors (Lipinski definition) is 2. The van der Waals surface area contributed by atoms with Gasteiger partial charge in [-0.25, -0.2) is 0 Å². The normalized spacial score (nSPS) is 28.5. The fourth-order valence-corrected chi connectivity index (χ4v) is 2.48. The highest BCUT2D eigenvalue weighted by atomic mass is 16.5. The molecule has 1 amide bonds. The van der Waals surface area contributed by atoms with Gasteiger partial charge in [0, 0.05) is 19.7 Å². The number of carbonyl (C=O) groups excluding carboxylic acids is 1. The van der Waals surface area contributed by atoms with E-state index in [1.165, 1.54) is 25.7 Å². The summed E-state index contributed by atoms with van der Waals surface area (Å²) in [6.07, 6.45) is 6.99. The molecular formula is C12H21NO2. The summed E-state index contributed by atoms with van der Waals surface area (Å²) >= 11 is 0. The third-order valence-corrected chi connectivity index (χ3v) is 3.43. The van der Waals surface area contributed by atoms with Crippen molar-refractivity contribution in [1.29, 1.82) is 0 Å². The van der Waals surface area contributed by atoms with Crippen LogP contribution in [0.5, 0.6) is 0 Å². The van der Waals surface area contributed by atoms with E-state index < -0.39 is 0 Å². The second-order valence-corrected chi connectivity index (χ2v) is 4.65. The van der Waals surface area contributed by atoms with Gasteiger partial charge in [-0.3, -0.25) is 4.79 Å². The fourth-order valence-electron chi connectivity index (χ4n) is 2.48. The summed E-state index contributed by atoms with van der Waals surface area (Å²) in [5.41, 5.74) is 0. The zero-order chi connectivity index (χ0) is 10.5. The molecule has 3 nitrogen and oxygen atoms in total. The number of amides is 1. The number of ether oxygens (including phenoxy) is 1. The Hall–Kier alpha value is -0.570. The van der Waals surface area contributed by atoms with Crippen molar-refractivity contribution in [2.75, 3.05) is 26.3 Å². The van der Waals surface area contributed by atoms with Crippen LogP contribution in [0.25, 0.3) is 0 Å². The summed E-state index contributed by atoms with van der Waals surface area (Å²) in [7, 11) is 0. The Morgan fingerprint density at radius 3 is 2.40 bits per heavy atom. The first-order valence-corrected chi connectivity index (χ1v) is 6.24. The van der Waals surface area contributed by atoms with Crippen molar-refractivity contribution in [1.82, 2.24) is 4.90 Å². The van der Waals surface area contributed by atoms with Crippen LogP contribution in [0.4, 0.5) is 0 Å². The molecule has 2 rings (SSSR count). The molecular weight excluding hydrogens is 190 g/mol. The second-order valence-electron chi connectivity index (χ2n) is 4.65. The van der Waals surface area contributed by atoms with Crippen molar-refractivity contribution < 1.29 is 9.53 Å². The molecule has 0 bridgehead atoms. The maximum Gasteiger partial charge on any atom is 0.228 e. The van der Waals surface area contributed by atoms with Gasteiger partial charge in [0.05, 0.1) is 12.5 Å². The van der Waals surface area contributed by atoms with Gasteiger partial charge in [-0.2, -0.15) is 0 Å². The molecule has 0 saturated carbocycles. The largest absolute Gasteiger partial charge is 0.381 e. The smallest absolute Gasteiger partial charge is 0.228 e. The van der Waals surface area contributed by atoms with E-state index in [0.717, 1.165) is 32.5 Å². The molecule has 1 unspecified atom stereocenters. The van der Waals surface area contributed by atoms with Gasteiger partial charge in [0.25, 0.3) is 0 Å². The van der Waals surface area contributed by atoms with Crippen molar-refractivity contribution in [3.05, 3.63) is 0 Å². The summed E-state index contributed by atoms with van der Waals surface area (Å²) in [6.45, 7) is 3.42. The van der Waals surface area contributed by atoms with Gasteiger partial charge < -0.3 is 9.64 Å². The molecule has 0 radical (unpaired) electrons. The first-order valence-electron chi connectivity index (χ1n) is 6.24. The van der Waals surface area contributed by atoms with Crippen LogP contribution >= 0.6 is 0 Å². The summed E-state index contributed by atoms with van der Waals surface area (Å²) in [4.78, 5) is 14.2. The maximum absolute atomic E-state index is 12.2. The number of hydrogen-bond donors (Lipinski definition) is 0. The average molecular weight is 211 g/mol. The third kappa shape index (κ3) is 2.94. The number of rotatable bonds is 1. The van der Waals surface area contributed by atoms with E-state index >= 15 is 0 Å². The van der Waals surface area contributed by atoms with Crippen LogP contribution in [0.1, 0.15) is 38.5 Å².